The molecule has 0 spiro atoms. The Hall–Kier alpha value is -2.93. The van der Waals surface area contributed by atoms with Crippen LogP contribution in [0.2, 0.25) is 5.02 Å². The van der Waals surface area contributed by atoms with Gasteiger partial charge in [0.25, 0.3) is 11.8 Å². The second kappa shape index (κ2) is 10.3. The van der Waals surface area contributed by atoms with Gasteiger partial charge >= 0.3 is 0 Å². The highest BCUT2D eigenvalue weighted by atomic mass is 35.5. The van der Waals surface area contributed by atoms with Gasteiger partial charge in [0.05, 0.1) is 17.2 Å². The largest absolute Gasteiger partial charge is 0.339 e. The van der Waals surface area contributed by atoms with Crippen LogP contribution in [0.25, 0.3) is 0 Å². The summed E-state index contributed by atoms with van der Waals surface area (Å²) in [7, 11) is 0. The number of rotatable bonds is 4. The van der Waals surface area contributed by atoms with Crippen molar-refractivity contribution in [3.05, 3.63) is 64.4 Å². The quantitative estimate of drug-likeness (QED) is 0.708. The Morgan fingerprint density at radius 1 is 0.879 bits per heavy atom. The van der Waals surface area contributed by atoms with Crippen molar-refractivity contribution in [2.75, 3.05) is 31.5 Å². The summed E-state index contributed by atoms with van der Waals surface area (Å²) in [6.07, 6.45) is 4.37. The minimum atomic E-state index is -0.417. The van der Waals surface area contributed by atoms with Crippen molar-refractivity contribution in [3.8, 4) is 0 Å². The molecule has 0 bridgehead atoms. The van der Waals surface area contributed by atoms with E-state index in [9.17, 15) is 18.8 Å². The van der Waals surface area contributed by atoms with Crippen LogP contribution in [0, 0.1) is 11.7 Å². The first-order valence-corrected chi connectivity index (χ1v) is 11.7. The first-order chi connectivity index (χ1) is 15.9. The van der Waals surface area contributed by atoms with E-state index in [1.165, 1.54) is 24.3 Å². The number of nitrogens with one attached hydrogen (secondary N) is 1. The van der Waals surface area contributed by atoms with Gasteiger partial charge in [-0.25, -0.2) is 4.39 Å². The van der Waals surface area contributed by atoms with E-state index in [4.69, 9.17) is 11.6 Å². The third-order valence-corrected chi connectivity index (χ3v) is 6.52. The Labute approximate surface area is 197 Å². The van der Waals surface area contributed by atoms with Crippen molar-refractivity contribution >= 4 is 35.0 Å². The van der Waals surface area contributed by atoms with Crippen molar-refractivity contribution in [2.24, 2.45) is 5.92 Å². The van der Waals surface area contributed by atoms with Gasteiger partial charge in [0.15, 0.2) is 0 Å². The third-order valence-electron chi connectivity index (χ3n) is 6.28. The van der Waals surface area contributed by atoms with Gasteiger partial charge in [0, 0.05) is 36.8 Å². The molecule has 0 saturated carbocycles. The van der Waals surface area contributed by atoms with Crippen LogP contribution in [0.15, 0.2) is 42.5 Å². The van der Waals surface area contributed by atoms with E-state index in [-0.39, 0.29) is 24.3 Å². The highest BCUT2D eigenvalue weighted by Gasteiger charge is 2.30. The van der Waals surface area contributed by atoms with Crippen LogP contribution in [0.3, 0.4) is 0 Å². The number of carbonyl (C=O) groups is 3. The smallest absolute Gasteiger partial charge is 0.255 e. The number of anilines is 1. The lowest BCUT2D eigenvalue weighted by molar-refractivity contribution is -0.121. The molecule has 1 N–H and O–H groups in total. The summed E-state index contributed by atoms with van der Waals surface area (Å²) < 4.78 is 13.2. The molecule has 0 aromatic heterocycles. The van der Waals surface area contributed by atoms with Crippen molar-refractivity contribution in [3.63, 3.8) is 0 Å². The van der Waals surface area contributed by atoms with Gasteiger partial charge in [-0.05, 0) is 74.6 Å². The summed E-state index contributed by atoms with van der Waals surface area (Å²) >= 11 is 6.16. The number of amides is 3. The average Bonchev–Trinajstić information content (AvgIpc) is 2.84. The van der Waals surface area contributed by atoms with Gasteiger partial charge in [0.2, 0.25) is 5.91 Å². The second-order valence-corrected chi connectivity index (χ2v) is 9.07. The lowest BCUT2D eigenvalue weighted by Gasteiger charge is -2.32. The van der Waals surface area contributed by atoms with E-state index >= 15 is 0 Å². The van der Waals surface area contributed by atoms with E-state index in [0.29, 0.717) is 54.3 Å². The van der Waals surface area contributed by atoms with Gasteiger partial charge in [-0.15, -0.1) is 0 Å². The number of hydrogen-bond acceptors (Lipinski definition) is 3. The minimum absolute atomic E-state index is 0.113. The van der Waals surface area contributed by atoms with Gasteiger partial charge in [-0.1, -0.05) is 11.6 Å². The number of piperidine rings is 2. The maximum atomic E-state index is 13.2. The lowest BCUT2D eigenvalue weighted by atomic mass is 9.96. The maximum absolute atomic E-state index is 13.2. The number of halogens is 2. The SMILES string of the molecule is O=C(Nc1cc(Cl)ccc1C(=O)N1CCCCC1)C1CCCN(C(=O)c2ccc(F)cc2)C1. The van der Waals surface area contributed by atoms with E-state index in [2.05, 4.69) is 5.32 Å². The molecule has 6 nitrogen and oxygen atoms in total. The Balaban J connectivity index is 1.46. The first kappa shape index (κ1) is 23.2. The van der Waals surface area contributed by atoms with Crippen LogP contribution in [0.5, 0.6) is 0 Å². The number of hydrogen-bond donors (Lipinski definition) is 1. The molecule has 2 aromatic carbocycles. The highest BCUT2D eigenvalue weighted by molar-refractivity contribution is 6.31. The van der Waals surface area contributed by atoms with Crippen LogP contribution in [-0.2, 0) is 4.79 Å². The van der Waals surface area contributed by atoms with Crippen molar-refractivity contribution in [1.29, 1.82) is 0 Å². The van der Waals surface area contributed by atoms with Gasteiger partial charge < -0.3 is 15.1 Å². The molecule has 2 heterocycles. The average molecular weight is 472 g/mol. The molecule has 1 atom stereocenters. The molecular weight excluding hydrogens is 445 g/mol. The summed E-state index contributed by atoms with van der Waals surface area (Å²) in [6, 6.07) is 10.3. The molecule has 1 unspecified atom stereocenters. The van der Waals surface area contributed by atoms with E-state index in [1.807, 2.05) is 4.90 Å². The summed E-state index contributed by atoms with van der Waals surface area (Å²) in [4.78, 5) is 42.4. The zero-order valence-electron chi connectivity index (χ0n) is 18.4. The summed E-state index contributed by atoms with van der Waals surface area (Å²) in [5.41, 5.74) is 1.21. The van der Waals surface area contributed by atoms with Gasteiger partial charge in [-0.2, -0.15) is 0 Å². The topological polar surface area (TPSA) is 69.7 Å². The maximum Gasteiger partial charge on any atom is 0.255 e. The van der Waals surface area contributed by atoms with Crippen molar-refractivity contribution < 1.29 is 18.8 Å². The zero-order chi connectivity index (χ0) is 23.4. The number of benzene rings is 2. The number of likely N-dealkylation sites (tertiary alicyclic amines) is 2. The highest BCUT2D eigenvalue weighted by Crippen LogP contribution is 2.26. The number of carbonyl (C=O) groups excluding carboxylic acids is 3. The van der Waals surface area contributed by atoms with Crippen LogP contribution in [-0.4, -0.2) is 53.7 Å². The molecule has 2 aliphatic rings. The molecule has 2 saturated heterocycles. The molecule has 4 rings (SSSR count). The fourth-order valence-electron chi connectivity index (χ4n) is 4.46. The molecule has 0 aliphatic carbocycles. The monoisotopic (exact) mass is 471 g/mol. The van der Waals surface area contributed by atoms with Gasteiger partial charge in [0.1, 0.15) is 5.82 Å². The molecule has 2 aromatic rings. The lowest BCUT2D eigenvalue weighted by Crippen LogP contribution is -2.44. The van der Waals surface area contributed by atoms with Crippen molar-refractivity contribution in [2.45, 2.75) is 32.1 Å². The summed E-state index contributed by atoms with van der Waals surface area (Å²) in [5, 5.41) is 3.32. The standard InChI is InChI=1S/C25H27ClFN3O3/c26-19-8-11-21(25(33)29-12-2-1-3-13-29)22(15-19)28-23(31)18-5-4-14-30(16-18)24(32)17-6-9-20(27)10-7-17/h6-11,15,18H,1-5,12-14,16H2,(H,28,31). The van der Waals surface area contributed by atoms with Crippen LogP contribution in [0.4, 0.5) is 10.1 Å². The molecule has 3 amide bonds. The second-order valence-electron chi connectivity index (χ2n) is 8.63. The Morgan fingerprint density at radius 2 is 1.58 bits per heavy atom. The van der Waals surface area contributed by atoms with Crippen molar-refractivity contribution in [1.82, 2.24) is 9.80 Å². The molecule has 8 heteroatoms. The molecule has 174 valence electrons. The Morgan fingerprint density at radius 3 is 2.30 bits per heavy atom. The Kier molecular flexibility index (Phi) is 7.28. The molecule has 0 radical (unpaired) electrons. The van der Waals surface area contributed by atoms with E-state index in [0.717, 1.165) is 19.3 Å². The van der Waals surface area contributed by atoms with E-state index in [1.54, 1.807) is 23.1 Å². The molecule has 2 aliphatic heterocycles. The molecule has 2 fully saturated rings. The fraction of sp³-hybridized carbons (Fsp3) is 0.400. The first-order valence-electron chi connectivity index (χ1n) is 11.4. The summed E-state index contributed by atoms with van der Waals surface area (Å²) in [6.45, 7) is 2.21. The predicted octanol–water partition coefficient (Wildman–Crippen LogP) is 4.60. The molecular formula is C25H27ClFN3O3. The van der Waals surface area contributed by atoms with Crippen LogP contribution >= 0.6 is 11.6 Å². The third kappa shape index (κ3) is 5.53. The normalized spacial score (nSPS) is 18.7. The fourth-order valence-corrected chi connectivity index (χ4v) is 4.63. The van der Waals surface area contributed by atoms with Gasteiger partial charge in [-0.3, -0.25) is 14.4 Å². The van der Waals surface area contributed by atoms with E-state index < -0.39 is 11.7 Å². The summed E-state index contributed by atoms with van der Waals surface area (Å²) in [5.74, 6) is -1.41. The molecule has 33 heavy (non-hydrogen) atoms. The van der Waals surface area contributed by atoms with Crippen LogP contribution in [0.1, 0.15) is 52.8 Å². The zero-order valence-corrected chi connectivity index (χ0v) is 19.1. The predicted molar refractivity (Wildman–Crippen MR) is 125 cm³/mol. The Bertz CT molecular complexity index is 1040. The minimum Gasteiger partial charge on any atom is -0.339 e. The number of nitrogens with zero attached hydrogens (tertiary/aromatic N) is 2. The van der Waals surface area contributed by atoms with Crippen LogP contribution < -0.4 is 5.32 Å².